The molecule has 0 aliphatic carbocycles. The number of nitrogens with zero attached hydrogens (tertiary/aromatic N) is 1. The van der Waals surface area contributed by atoms with Crippen LogP contribution in [0.2, 0.25) is 0 Å². The van der Waals surface area contributed by atoms with Gasteiger partial charge in [-0.2, -0.15) is 13.2 Å². The van der Waals surface area contributed by atoms with E-state index >= 15 is 0 Å². The minimum absolute atomic E-state index is 0.0461. The van der Waals surface area contributed by atoms with E-state index in [2.05, 4.69) is 31.9 Å². The topological polar surface area (TPSA) is 20.3 Å². The summed E-state index contributed by atoms with van der Waals surface area (Å²) < 4.78 is 38.3. The summed E-state index contributed by atoms with van der Waals surface area (Å²) in [6.45, 7) is -1.45. The molecule has 0 atom stereocenters. The summed E-state index contributed by atoms with van der Waals surface area (Å²) in [4.78, 5) is 12.8. The molecule has 18 heavy (non-hydrogen) atoms. The number of carbonyl (C=O) groups excluding carboxylic acids is 1. The molecule has 0 aliphatic rings. The molecule has 0 bridgehead atoms. The lowest BCUT2D eigenvalue weighted by molar-refractivity contribution is -0.140. The maximum Gasteiger partial charge on any atom is 0.406 e. The van der Waals surface area contributed by atoms with E-state index in [4.69, 9.17) is 11.6 Å². The Balaban J connectivity index is 2.88. The smallest absolute Gasteiger partial charge is 0.328 e. The summed E-state index contributed by atoms with van der Waals surface area (Å²) in [6, 6.07) is 1.48. The molecule has 1 rings (SSSR count). The highest BCUT2D eigenvalue weighted by Crippen LogP contribution is 2.33. The molecule has 0 radical (unpaired) electrons. The summed E-state index contributed by atoms with van der Waals surface area (Å²) in [5, 5.41) is 0. The number of carbonyl (C=O) groups is 1. The Bertz CT molecular complexity index is 418. The van der Waals surface area contributed by atoms with E-state index in [0.29, 0.717) is 13.2 Å². The normalized spacial score (nSPS) is 11.7. The Labute approximate surface area is 127 Å². The van der Waals surface area contributed by atoms with Gasteiger partial charge in [0.05, 0.1) is 8.66 Å². The van der Waals surface area contributed by atoms with Crippen molar-refractivity contribution in [1.82, 2.24) is 4.90 Å². The Kier molecular flexibility index (Phi) is 5.95. The van der Waals surface area contributed by atoms with Crippen LogP contribution in [0.1, 0.15) is 9.67 Å². The molecule has 0 N–H and O–H groups in total. The minimum atomic E-state index is -4.44. The highest BCUT2D eigenvalue weighted by molar-refractivity contribution is 9.13. The molecule has 0 saturated carbocycles. The van der Waals surface area contributed by atoms with Gasteiger partial charge in [0.1, 0.15) is 6.54 Å². The average Bonchev–Trinajstić information content (AvgIpc) is 2.56. The summed E-state index contributed by atoms with van der Waals surface area (Å²) in [5.74, 6) is -0.723. The van der Waals surface area contributed by atoms with Crippen molar-refractivity contribution >= 4 is 60.7 Å². The Hall–Kier alpha value is 0.210. The third-order valence-corrected chi connectivity index (χ3v) is 5.28. The van der Waals surface area contributed by atoms with Gasteiger partial charge in [-0.1, -0.05) is 0 Å². The first-order valence-corrected chi connectivity index (χ1v) is 7.55. The predicted octanol–water partition coefficient (Wildman–Crippen LogP) is 4.52. The fraction of sp³-hybridized carbons (Fsp3) is 0.444. The van der Waals surface area contributed by atoms with Crippen molar-refractivity contribution in [1.29, 1.82) is 0 Å². The zero-order valence-electron chi connectivity index (χ0n) is 8.73. The Morgan fingerprint density at radius 3 is 2.44 bits per heavy atom. The van der Waals surface area contributed by atoms with E-state index in [1.165, 1.54) is 6.07 Å². The van der Waals surface area contributed by atoms with Crippen molar-refractivity contribution < 1.29 is 18.0 Å². The zero-order valence-corrected chi connectivity index (χ0v) is 13.5. The molecular formula is C9H7Br2ClF3NOS. The fourth-order valence-corrected chi connectivity index (χ4v) is 3.39. The Morgan fingerprint density at radius 2 is 2.06 bits per heavy atom. The van der Waals surface area contributed by atoms with E-state index < -0.39 is 18.6 Å². The van der Waals surface area contributed by atoms with Crippen LogP contribution in [-0.4, -0.2) is 36.0 Å². The van der Waals surface area contributed by atoms with Crippen LogP contribution >= 0.6 is 54.8 Å². The van der Waals surface area contributed by atoms with Gasteiger partial charge in [-0.3, -0.25) is 4.79 Å². The molecule has 0 spiro atoms. The van der Waals surface area contributed by atoms with Gasteiger partial charge in [-0.15, -0.1) is 22.9 Å². The lowest BCUT2D eigenvalue weighted by Crippen LogP contribution is -2.39. The van der Waals surface area contributed by atoms with Gasteiger partial charge >= 0.3 is 6.18 Å². The first kappa shape index (κ1) is 16.3. The molecule has 0 aromatic carbocycles. The summed E-state index contributed by atoms with van der Waals surface area (Å²) >= 11 is 12.9. The summed E-state index contributed by atoms with van der Waals surface area (Å²) in [6.07, 6.45) is -4.44. The van der Waals surface area contributed by atoms with E-state index in [1.54, 1.807) is 0 Å². The molecule has 9 heteroatoms. The Morgan fingerprint density at radius 1 is 1.44 bits per heavy atom. The molecule has 0 saturated heterocycles. The highest BCUT2D eigenvalue weighted by Gasteiger charge is 2.33. The lowest BCUT2D eigenvalue weighted by Gasteiger charge is -2.22. The van der Waals surface area contributed by atoms with Gasteiger partial charge < -0.3 is 4.90 Å². The zero-order chi connectivity index (χ0) is 13.9. The van der Waals surface area contributed by atoms with E-state index in [9.17, 15) is 18.0 Å². The molecule has 2 nitrogen and oxygen atoms in total. The quantitative estimate of drug-likeness (QED) is 0.645. The number of amides is 1. The number of alkyl halides is 4. The second-order valence-corrected chi connectivity index (χ2v) is 6.87. The molecule has 1 amide bonds. The molecular weight excluding hydrogens is 422 g/mol. The molecule has 1 aromatic heterocycles. The predicted molar refractivity (Wildman–Crippen MR) is 72.4 cm³/mol. The summed E-state index contributed by atoms with van der Waals surface area (Å²) in [5.41, 5.74) is 0. The SMILES string of the molecule is O=C(c1cc(Br)c(Br)s1)N(CCCl)CC(F)(F)F. The maximum atomic E-state index is 12.3. The highest BCUT2D eigenvalue weighted by atomic mass is 79.9. The third-order valence-electron chi connectivity index (χ3n) is 1.87. The number of thiophene rings is 1. The lowest BCUT2D eigenvalue weighted by atomic mass is 10.3. The number of rotatable bonds is 4. The number of hydrogen-bond donors (Lipinski definition) is 0. The fourth-order valence-electron chi connectivity index (χ4n) is 1.18. The van der Waals surface area contributed by atoms with E-state index in [1.807, 2.05) is 0 Å². The van der Waals surface area contributed by atoms with Crippen LogP contribution < -0.4 is 0 Å². The molecule has 0 unspecified atom stereocenters. The van der Waals surface area contributed by atoms with Gasteiger partial charge in [0.25, 0.3) is 5.91 Å². The monoisotopic (exact) mass is 427 g/mol. The van der Waals surface area contributed by atoms with Crippen LogP contribution in [0.5, 0.6) is 0 Å². The van der Waals surface area contributed by atoms with E-state index in [-0.39, 0.29) is 17.3 Å². The average molecular weight is 429 g/mol. The first-order chi connectivity index (χ1) is 8.24. The van der Waals surface area contributed by atoms with Crippen LogP contribution in [-0.2, 0) is 0 Å². The van der Waals surface area contributed by atoms with Crippen molar-refractivity contribution in [3.8, 4) is 0 Å². The van der Waals surface area contributed by atoms with Crippen molar-refractivity contribution in [2.75, 3.05) is 19.0 Å². The van der Waals surface area contributed by atoms with Crippen molar-refractivity contribution in [2.24, 2.45) is 0 Å². The molecule has 102 valence electrons. The molecule has 1 heterocycles. The molecule has 1 aromatic rings. The van der Waals surface area contributed by atoms with Crippen LogP contribution in [0.3, 0.4) is 0 Å². The standard InChI is InChI=1S/C9H7Br2ClF3NOS/c10-5-3-6(18-7(5)11)8(17)16(2-1-12)4-9(13,14)15/h3H,1-2,4H2. The molecule has 0 fully saturated rings. The van der Waals surface area contributed by atoms with Gasteiger partial charge in [-0.25, -0.2) is 0 Å². The summed E-state index contributed by atoms with van der Waals surface area (Å²) in [7, 11) is 0. The van der Waals surface area contributed by atoms with Crippen LogP contribution in [0.4, 0.5) is 13.2 Å². The van der Waals surface area contributed by atoms with Gasteiger partial charge in [-0.05, 0) is 37.9 Å². The molecule has 0 aliphatic heterocycles. The van der Waals surface area contributed by atoms with Crippen LogP contribution in [0.15, 0.2) is 14.3 Å². The number of hydrogen-bond acceptors (Lipinski definition) is 2. The first-order valence-electron chi connectivity index (χ1n) is 4.61. The second kappa shape index (κ2) is 6.58. The van der Waals surface area contributed by atoms with Gasteiger partial charge in [0.2, 0.25) is 0 Å². The van der Waals surface area contributed by atoms with Crippen LogP contribution in [0, 0.1) is 0 Å². The maximum absolute atomic E-state index is 12.3. The van der Waals surface area contributed by atoms with E-state index in [0.717, 1.165) is 11.3 Å². The van der Waals surface area contributed by atoms with Gasteiger partial charge in [0.15, 0.2) is 0 Å². The third kappa shape index (κ3) is 4.71. The van der Waals surface area contributed by atoms with Crippen molar-refractivity contribution in [3.63, 3.8) is 0 Å². The van der Waals surface area contributed by atoms with Crippen molar-refractivity contribution in [3.05, 3.63) is 19.2 Å². The minimum Gasteiger partial charge on any atom is -0.328 e. The number of halogens is 6. The van der Waals surface area contributed by atoms with Crippen LogP contribution in [0.25, 0.3) is 0 Å². The van der Waals surface area contributed by atoms with Crippen molar-refractivity contribution in [2.45, 2.75) is 6.18 Å². The second-order valence-electron chi connectivity index (χ2n) is 3.26. The van der Waals surface area contributed by atoms with Gasteiger partial charge in [0, 0.05) is 16.9 Å². The largest absolute Gasteiger partial charge is 0.406 e.